The Balaban J connectivity index is 2.04. The van der Waals surface area contributed by atoms with Crippen molar-refractivity contribution in [1.29, 1.82) is 0 Å². The van der Waals surface area contributed by atoms with E-state index in [4.69, 9.17) is 9.84 Å². The van der Waals surface area contributed by atoms with E-state index in [1.807, 2.05) is 4.90 Å². The number of aliphatic carboxylic acids is 1. The molecule has 1 fully saturated rings. The average Bonchev–Trinajstić information content (AvgIpc) is 2.81. The van der Waals surface area contributed by atoms with Gasteiger partial charge in [0.05, 0.1) is 22.7 Å². The maximum Gasteiger partial charge on any atom is 0.418 e. The molecule has 1 aliphatic heterocycles. The lowest BCUT2D eigenvalue weighted by Gasteiger charge is -2.35. The molecule has 1 unspecified atom stereocenters. The second-order valence-corrected chi connectivity index (χ2v) is 11.0. The maximum absolute atomic E-state index is 14.1. The fraction of sp³-hybridized carbons (Fsp3) is 0.407. The minimum Gasteiger partial charge on any atom is -0.478 e. The van der Waals surface area contributed by atoms with Crippen LogP contribution in [0.25, 0.3) is 6.08 Å². The van der Waals surface area contributed by atoms with Gasteiger partial charge in [-0.3, -0.25) is 4.79 Å². The van der Waals surface area contributed by atoms with Crippen molar-refractivity contribution < 1.29 is 45.8 Å². The summed E-state index contributed by atoms with van der Waals surface area (Å²) < 4.78 is 89.7. The monoisotopic (exact) mass is 575 g/mol. The number of carboxylic acid groups (broad SMARTS) is 1. The molecule has 0 saturated carbocycles. The maximum atomic E-state index is 14.1. The zero-order valence-electron chi connectivity index (χ0n) is 21.3. The summed E-state index contributed by atoms with van der Waals surface area (Å²) in [4.78, 5) is 24.9. The number of rotatable bonds is 6. The molecule has 0 bridgehead atoms. The predicted octanol–water partition coefficient (Wildman–Crippen LogP) is 7.53. The number of ether oxygens (including phenoxy) is 1. The summed E-state index contributed by atoms with van der Waals surface area (Å²) in [6, 6.07) is 8.08. The van der Waals surface area contributed by atoms with Crippen LogP contribution in [0.4, 0.5) is 32.0 Å². The Morgan fingerprint density at radius 3 is 2.21 bits per heavy atom. The topological polar surface area (TPSA) is 66.8 Å². The van der Waals surface area contributed by atoms with Gasteiger partial charge >= 0.3 is 24.3 Å². The number of halogens is 6. The fourth-order valence-electron chi connectivity index (χ4n) is 4.27. The molecule has 0 spiro atoms. The van der Waals surface area contributed by atoms with Crippen molar-refractivity contribution in [3.63, 3.8) is 0 Å². The van der Waals surface area contributed by atoms with Crippen molar-refractivity contribution in [1.82, 2.24) is 0 Å². The number of anilines is 1. The third-order valence-corrected chi connectivity index (χ3v) is 6.88. The lowest BCUT2D eigenvalue weighted by atomic mass is 9.97. The van der Waals surface area contributed by atoms with Gasteiger partial charge in [-0.15, -0.1) is 0 Å². The van der Waals surface area contributed by atoms with Gasteiger partial charge < -0.3 is 14.7 Å². The zero-order chi connectivity index (χ0) is 29.2. The number of carbonyl (C=O) groups excluding carboxylic acids is 1. The Morgan fingerprint density at radius 2 is 1.62 bits per heavy atom. The van der Waals surface area contributed by atoms with Gasteiger partial charge in [0.15, 0.2) is 0 Å². The van der Waals surface area contributed by atoms with Gasteiger partial charge in [-0.25, -0.2) is 4.79 Å². The van der Waals surface area contributed by atoms with Crippen LogP contribution >= 0.6 is 11.8 Å². The van der Waals surface area contributed by atoms with E-state index in [0.717, 1.165) is 12.1 Å². The Kier molecular flexibility index (Phi) is 8.99. The van der Waals surface area contributed by atoms with Crippen LogP contribution in [0.3, 0.4) is 0 Å². The number of benzene rings is 2. The number of alkyl halides is 6. The number of piperidine rings is 1. The van der Waals surface area contributed by atoms with Crippen LogP contribution in [0.2, 0.25) is 0 Å². The largest absolute Gasteiger partial charge is 0.478 e. The first kappa shape index (κ1) is 30.4. The molecule has 212 valence electrons. The molecule has 1 heterocycles. The highest BCUT2D eigenvalue weighted by Gasteiger charge is 2.46. The van der Waals surface area contributed by atoms with Crippen LogP contribution in [-0.4, -0.2) is 35.7 Å². The average molecular weight is 576 g/mol. The number of carbonyl (C=O) groups is 2. The van der Waals surface area contributed by atoms with E-state index in [0.29, 0.717) is 49.0 Å². The molecule has 39 heavy (non-hydrogen) atoms. The van der Waals surface area contributed by atoms with E-state index in [-0.39, 0.29) is 11.4 Å². The van der Waals surface area contributed by atoms with E-state index in [9.17, 15) is 35.9 Å². The van der Waals surface area contributed by atoms with Crippen molar-refractivity contribution in [3.8, 4) is 0 Å². The Hall–Kier alpha value is -3.15. The van der Waals surface area contributed by atoms with Crippen LogP contribution in [0.5, 0.6) is 0 Å². The number of esters is 1. The van der Waals surface area contributed by atoms with Crippen LogP contribution < -0.4 is 4.90 Å². The minimum absolute atomic E-state index is 0.241. The number of carboxylic acids is 1. The first-order chi connectivity index (χ1) is 18.0. The Labute approximate surface area is 225 Å². The first-order valence-electron chi connectivity index (χ1n) is 11.9. The Bertz CT molecular complexity index is 1250. The van der Waals surface area contributed by atoms with Gasteiger partial charge in [-0.1, -0.05) is 30.0 Å². The highest BCUT2D eigenvalue weighted by Crippen LogP contribution is 2.49. The van der Waals surface area contributed by atoms with Crippen molar-refractivity contribution in [2.45, 2.75) is 61.4 Å². The van der Waals surface area contributed by atoms with Crippen molar-refractivity contribution in [2.24, 2.45) is 5.92 Å². The molecule has 0 aromatic heterocycles. The molecule has 1 aliphatic rings. The van der Waals surface area contributed by atoms with Gasteiger partial charge in [0, 0.05) is 29.0 Å². The van der Waals surface area contributed by atoms with E-state index in [1.54, 1.807) is 39.0 Å². The van der Waals surface area contributed by atoms with Gasteiger partial charge in [-0.2, -0.15) is 26.3 Å². The molecule has 1 saturated heterocycles. The third-order valence-electron chi connectivity index (χ3n) is 5.76. The van der Waals surface area contributed by atoms with Crippen LogP contribution in [0.15, 0.2) is 52.3 Å². The molecule has 3 rings (SSSR count). The lowest BCUT2D eigenvalue weighted by Crippen LogP contribution is -2.41. The fourth-order valence-corrected chi connectivity index (χ4v) is 5.41. The molecule has 0 aliphatic carbocycles. The molecular weight excluding hydrogens is 548 g/mol. The molecule has 0 radical (unpaired) electrons. The quantitative estimate of drug-likeness (QED) is 0.218. The van der Waals surface area contributed by atoms with Crippen LogP contribution in [0, 0.1) is 5.92 Å². The number of hydrogen-bond donors (Lipinski definition) is 1. The van der Waals surface area contributed by atoms with Crippen molar-refractivity contribution in [3.05, 3.63) is 59.2 Å². The summed E-state index contributed by atoms with van der Waals surface area (Å²) in [5, 5.41) is 8.78. The van der Waals surface area contributed by atoms with E-state index < -0.39 is 57.4 Å². The van der Waals surface area contributed by atoms with Crippen LogP contribution in [0.1, 0.15) is 50.3 Å². The predicted molar refractivity (Wildman–Crippen MR) is 134 cm³/mol. The molecular formula is C27H27F6NO4S. The molecule has 1 N–H and O–H groups in total. The number of hydrogen-bond acceptors (Lipinski definition) is 5. The Morgan fingerprint density at radius 1 is 0.974 bits per heavy atom. The van der Waals surface area contributed by atoms with Gasteiger partial charge in [0.25, 0.3) is 0 Å². The molecule has 1 atom stereocenters. The summed E-state index contributed by atoms with van der Waals surface area (Å²) in [7, 11) is 0. The smallest absolute Gasteiger partial charge is 0.418 e. The van der Waals surface area contributed by atoms with E-state index in [2.05, 4.69) is 0 Å². The SMILES string of the molecule is CC(C)(C)OC(=O)C1CCCN(c2ccccc2Sc2ccc(/C=C/C(=O)O)c(C(F)(F)F)c2C(F)(F)F)C1. The standard InChI is InChI=1S/C27H27F6NO4S/c1-25(2,3)38-24(37)17-7-6-14-34(15-17)18-8-4-5-9-19(18)39-20-12-10-16(11-13-21(35)36)22(26(28,29)30)23(20)27(31,32)33/h4-5,8-13,17H,6-7,14-15H2,1-3H3,(H,35,36)/b13-11+. The molecule has 12 heteroatoms. The summed E-state index contributed by atoms with van der Waals surface area (Å²) in [5.41, 5.74) is -4.98. The lowest BCUT2D eigenvalue weighted by molar-refractivity contribution is -0.163. The minimum atomic E-state index is -5.41. The summed E-state index contributed by atoms with van der Waals surface area (Å²) in [6.07, 6.45) is -8.77. The normalized spacial score (nSPS) is 16.9. The van der Waals surface area contributed by atoms with Crippen molar-refractivity contribution in [2.75, 3.05) is 18.0 Å². The number of nitrogens with zero attached hydrogens (tertiary/aromatic N) is 1. The van der Waals surface area contributed by atoms with Gasteiger partial charge in [-0.05, 0) is 63.5 Å². The highest BCUT2D eigenvalue weighted by atomic mass is 32.2. The van der Waals surface area contributed by atoms with Gasteiger partial charge in [0.1, 0.15) is 5.60 Å². The molecule has 2 aromatic rings. The zero-order valence-corrected chi connectivity index (χ0v) is 22.1. The molecule has 2 aromatic carbocycles. The highest BCUT2D eigenvalue weighted by molar-refractivity contribution is 7.99. The van der Waals surface area contributed by atoms with Crippen molar-refractivity contribution >= 4 is 35.5 Å². The summed E-state index contributed by atoms with van der Waals surface area (Å²) in [5.74, 6) is -2.47. The summed E-state index contributed by atoms with van der Waals surface area (Å²) >= 11 is 0.526. The first-order valence-corrected chi connectivity index (χ1v) is 12.8. The molecule has 5 nitrogen and oxygen atoms in total. The second kappa shape index (κ2) is 11.5. The van der Waals surface area contributed by atoms with E-state index >= 15 is 0 Å². The van der Waals surface area contributed by atoms with E-state index in [1.165, 1.54) is 6.07 Å². The molecule has 0 amide bonds. The van der Waals surface area contributed by atoms with Crippen LogP contribution in [-0.2, 0) is 26.7 Å². The summed E-state index contributed by atoms with van der Waals surface area (Å²) in [6.45, 7) is 5.97. The number of para-hydroxylation sites is 1. The second-order valence-electron chi connectivity index (χ2n) is 9.96. The van der Waals surface area contributed by atoms with Gasteiger partial charge in [0.2, 0.25) is 0 Å². The third kappa shape index (κ3) is 7.93.